The van der Waals surface area contributed by atoms with Gasteiger partial charge < -0.3 is 5.32 Å². The third-order valence-electron chi connectivity index (χ3n) is 3.07. The Bertz CT molecular complexity index is 881. The molecule has 27 heavy (non-hydrogen) atoms. The zero-order valence-electron chi connectivity index (χ0n) is 14.9. The molecule has 1 aromatic heterocycles. The van der Waals surface area contributed by atoms with Gasteiger partial charge in [-0.1, -0.05) is 17.7 Å². The molecule has 0 saturated carbocycles. The Morgan fingerprint density at radius 1 is 1.30 bits per heavy atom. The summed E-state index contributed by atoms with van der Waals surface area (Å²) in [6.07, 6.45) is 1.29. The lowest BCUT2D eigenvalue weighted by Crippen LogP contribution is -2.41. The number of thiazole rings is 1. The van der Waals surface area contributed by atoms with Crippen molar-refractivity contribution in [2.45, 2.75) is 26.8 Å². The third kappa shape index (κ3) is 5.87. The van der Waals surface area contributed by atoms with E-state index in [0.717, 1.165) is 0 Å². The second-order valence-electron chi connectivity index (χ2n) is 5.72. The van der Waals surface area contributed by atoms with Gasteiger partial charge in [-0.2, -0.15) is 5.10 Å². The monoisotopic (exact) mass is 407 g/mol. The summed E-state index contributed by atoms with van der Waals surface area (Å²) in [4.78, 5) is 40.8. The third-order valence-corrected chi connectivity index (χ3v) is 4.15. The molecular formula is C17H18ClN5O3S. The van der Waals surface area contributed by atoms with E-state index in [1.807, 2.05) is 0 Å². The smallest absolute Gasteiger partial charge is 0.329 e. The van der Waals surface area contributed by atoms with Gasteiger partial charge in [-0.15, -0.1) is 11.3 Å². The van der Waals surface area contributed by atoms with Crippen LogP contribution in [0.25, 0.3) is 0 Å². The van der Waals surface area contributed by atoms with E-state index < -0.39 is 11.8 Å². The number of aromatic nitrogens is 1. The van der Waals surface area contributed by atoms with Gasteiger partial charge in [0.05, 0.1) is 17.6 Å². The number of nitrogens with zero attached hydrogens (tertiary/aromatic N) is 3. The highest BCUT2D eigenvalue weighted by Crippen LogP contribution is 2.30. The van der Waals surface area contributed by atoms with E-state index in [9.17, 15) is 14.4 Å². The minimum absolute atomic E-state index is 0.155. The number of hydrazone groups is 1. The molecular weight excluding hydrogens is 390 g/mol. The molecule has 0 spiro atoms. The molecule has 8 nitrogen and oxygen atoms in total. The van der Waals surface area contributed by atoms with Crippen LogP contribution in [-0.4, -0.2) is 35.0 Å². The number of amides is 3. The first-order valence-corrected chi connectivity index (χ1v) is 9.19. The maximum absolute atomic E-state index is 12.0. The Labute approximate surface area is 165 Å². The van der Waals surface area contributed by atoms with Gasteiger partial charge in [0.25, 0.3) is 0 Å². The second-order valence-corrected chi connectivity index (χ2v) is 6.99. The molecule has 3 amide bonds. The van der Waals surface area contributed by atoms with Crippen LogP contribution >= 0.6 is 22.9 Å². The normalized spacial score (nSPS) is 10.9. The number of benzene rings is 1. The van der Waals surface area contributed by atoms with Crippen molar-refractivity contribution in [1.29, 1.82) is 0 Å². The average molecular weight is 408 g/mol. The molecule has 0 aliphatic carbocycles. The van der Waals surface area contributed by atoms with Crippen LogP contribution in [0.3, 0.4) is 0 Å². The van der Waals surface area contributed by atoms with Crippen LogP contribution in [0.4, 0.5) is 10.8 Å². The van der Waals surface area contributed by atoms with Crippen LogP contribution in [0, 0.1) is 0 Å². The topological polar surface area (TPSA) is 104 Å². The van der Waals surface area contributed by atoms with Gasteiger partial charge in [0.2, 0.25) is 5.91 Å². The Morgan fingerprint density at radius 2 is 2.04 bits per heavy atom. The molecule has 0 radical (unpaired) electrons. The first kappa shape index (κ1) is 20.5. The molecule has 142 valence electrons. The summed E-state index contributed by atoms with van der Waals surface area (Å²) in [6.45, 7) is 4.90. The van der Waals surface area contributed by atoms with E-state index in [-0.39, 0.29) is 11.9 Å². The largest absolute Gasteiger partial charge is 0.346 e. The second kappa shape index (κ2) is 9.24. The van der Waals surface area contributed by atoms with E-state index in [0.29, 0.717) is 21.5 Å². The summed E-state index contributed by atoms with van der Waals surface area (Å²) in [6, 6.07) is 6.70. The van der Waals surface area contributed by atoms with Crippen molar-refractivity contribution in [3.05, 3.63) is 40.4 Å². The number of carbonyl (C=O) groups excluding carboxylic acids is 3. The highest BCUT2D eigenvalue weighted by atomic mass is 35.5. The van der Waals surface area contributed by atoms with Gasteiger partial charge in [0.1, 0.15) is 0 Å². The lowest BCUT2D eigenvalue weighted by molar-refractivity contribution is -0.139. The molecule has 0 aliphatic rings. The minimum Gasteiger partial charge on any atom is -0.346 e. The molecule has 0 atom stereocenters. The van der Waals surface area contributed by atoms with E-state index in [4.69, 9.17) is 11.6 Å². The van der Waals surface area contributed by atoms with Crippen LogP contribution in [-0.2, 0) is 14.4 Å². The lowest BCUT2D eigenvalue weighted by Gasteiger charge is -2.18. The predicted octanol–water partition coefficient (Wildman–Crippen LogP) is 2.46. The number of hydrogen-bond donors (Lipinski definition) is 2. The number of halogens is 1. The van der Waals surface area contributed by atoms with Crippen molar-refractivity contribution < 1.29 is 14.4 Å². The first-order chi connectivity index (χ1) is 12.8. The van der Waals surface area contributed by atoms with E-state index in [1.165, 1.54) is 29.4 Å². The first-order valence-electron chi connectivity index (χ1n) is 7.93. The van der Waals surface area contributed by atoms with E-state index in [2.05, 4.69) is 20.8 Å². The Morgan fingerprint density at radius 3 is 2.67 bits per heavy atom. The minimum atomic E-state index is -0.875. The fraction of sp³-hybridized carbons (Fsp3) is 0.235. The zero-order valence-corrected chi connectivity index (χ0v) is 16.5. The maximum Gasteiger partial charge on any atom is 0.329 e. The molecule has 0 bridgehead atoms. The standard InChI is InChI=1S/C17H18ClN5O3S/c1-10(2)20-15(25)16(26)22-19-8-13-9-27-17(21-13)23(11(3)24)14-6-4-5-12(18)7-14/h4-10H,1-3H3,(H,20,25)(H,22,26)/b19-8-. The summed E-state index contributed by atoms with van der Waals surface area (Å²) in [5, 5.41) is 8.75. The number of carbonyl (C=O) groups is 3. The Balaban J connectivity index is 2.09. The molecule has 1 heterocycles. The molecule has 0 unspecified atom stereocenters. The van der Waals surface area contributed by atoms with Gasteiger partial charge in [-0.3, -0.25) is 19.3 Å². The SMILES string of the molecule is CC(=O)N(c1cccc(Cl)c1)c1nc(/C=N\NC(=O)C(=O)NC(C)C)cs1. The highest BCUT2D eigenvalue weighted by Gasteiger charge is 2.18. The Kier molecular flexibility index (Phi) is 7.03. The number of anilines is 2. The maximum atomic E-state index is 12.0. The molecule has 1 aromatic carbocycles. The van der Waals surface area contributed by atoms with Crippen molar-refractivity contribution in [3.8, 4) is 0 Å². The summed E-state index contributed by atoms with van der Waals surface area (Å²) < 4.78 is 0. The predicted molar refractivity (Wildman–Crippen MR) is 105 cm³/mol. The van der Waals surface area contributed by atoms with Crippen LogP contribution in [0.15, 0.2) is 34.7 Å². The number of rotatable bonds is 5. The highest BCUT2D eigenvalue weighted by molar-refractivity contribution is 7.14. The van der Waals surface area contributed by atoms with Gasteiger partial charge in [-0.25, -0.2) is 10.4 Å². The fourth-order valence-electron chi connectivity index (χ4n) is 2.02. The van der Waals surface area contributed by atoms with Crippen molar-refractivity contribution in [3.63, 3.8) is 0 Å². The Hall–Kier alpha value is -2.78. The van der Waals surface area contributed by atoms with E-state index in [1.54, 1.807) is 43.5 Å². The van der Waals surface area contributed by atoms with Crippen molar-refractivity contribution in [2.75, 3.05) is 4.90 Å². The van der Waals surface area contributed by atoms with Gasteiger partial charge >= 0.3 is 11.8 Å². The fourth-order valence-corrected chi connectivity index (χ4v) is 3.04. The molecule has 2 aromatic rings. The van der Waals surface area contributed by atoms with Gasteiger partial charge in [0.15, 0.2) is 5.13 Å². The van der Waals surface area contributed by atoms with Crippen molar-refractivity contribution in [2.24, 2.45) is 5.10 Å². The van der Waals surface area contributed by atoms with Crippen LogP contribution < -0.4 is 15.6 Å². The molecule has 0 saturated heterocycles. The zero-order chi connectivity index (χ0) is 20.0. The molecule has 2 rings (SSSR count). The van der Waals surface area contributed by atoms with Crippen molar-refractivity contribution in [1.82, 2.24) is 15.7 Å². The molecule has 10 heteroatoms. The summed E-state index contributed by atoms with van der Waals surface area (Å²) in [7, 11) is 0. The summed E-state index contributed by atoms with van der Waals surface area (Å²) >= 11 is 7.22. The van der Waals surface area contributed by atoms with Crippen LogP contribution in [0.5, 0.6) is 0 Å². The molecule has 2 N–H and O–H groups in total. The quantitative estimate of drug-likeness (QED) is 0.451. The van der Waals surface area contributed by atoms with Crippen molar-refractivity contribution >= 4 is 57.7 Å². The number of hydrogen-bond acceptors (Lipinski definition) is 6. The lowest BCUT2D eigenvalue weighted by atomic mass is 10.3. The van der Waals surface area contributed by atoms with Gasteiger partial charge in [0, 0.05) is 23.4 Å². The van der Waals surface area contributed by atoms with Gasteiger partial charge in [-0.05, 0) is 32.0 Å². The van der Waals surface area contributed by atoms with Crippen LogP contribution in [0.2, 0.25) is 5.02 Å². The van der Waals surface area contributed by atoms with E-state index >= 15 is 0 Å². The molecule has 0 fully saturated rings. The van der Waals surface area contributed by atoms with Crippen LogP contribution in [0.1, 0.15) is 26.5 Å². The summed E-state index contributed by atoms with van der Waals surface area (Å²) in [5.41, 5.74) is 3.14. The average Bonchev–Trinajstić information content (AvgIpc) is 3.02. The summed E-state index contributed by atoms with van der Waals surface area (Å²) in [5.74, 6) is -1.88. The molecule has 0 aliphatic heterocycles. The number of nitrogens with one attached hydrogen (secondary N) is 2.